The molecule has 28 heavy (non-hydrogen) atoms. The van der Waals surface area contributed by atoms with Crippen LogP contribution in [0.5, 0.6) is 5.75 Å². The number of esters is 1. The number of aryl methyl sites for hydroxylation is 1. The predicted octanol–water partition coefficient (Wildman–Crippen LogP) is 4.38. The summed E-state index contributed by atoms with van der Waals surface area (Å²) in [6.45, 7) is 2.28. The van der Waals surface area contributed by atoms with Crippen LogP contribution < -0.4 is 4.74 Å². The van der Waals surface area contributed by atoms with Crippen molar-refractivity contribution in [2.45, 2.75) is 57.5 Å². The number of benzene rings is 1. The summed E-state index contributed by atoms with van der Waals surface area (Å²) >= 11 is 0.537. The second-order valence-electron chi connectivity index (χ2n) is 8.13. The van der Waals surface area contributed by atoms with Crippen molar-refractivity contribution in [1.29, 1.82) is 0 Å². The van der Waals surface area contributed by atoms with E-state index in [1.54, 1.807) is 0 Å². The molecule has 2 saturated carbocycles. The van der Waals surface area contributed by atoms with E-state index < -0.39 is 5.97 Å². The van der Waals surface area contributed by atoms with Crippen LogP contribution in [0.2, 0.25) is 0 Å². The zero-order chi connectivity index (χ0) is 18.3. The fraction of sp³-hybridized carbons (Fsp3) is 0.600. The standard InChI is InChI=1S/C20H24NO4S.Re.Rf/c1-20-9-8-15-14-5-3-13(25-19(23)11-26-21-24)10-12(14)2-4-16(15)17(20)6-7-18(20)22;;/h3,5,10-11,15-18,22H,2,4,6-9H2,1H3;;/q-1;;/t15-,16-,17+,18+,20+;;/m1../s1. The van der Waals surface area contributed by atoms with Gasteiger partial charge in [-0.3, -0.25) is 4.79 Å². The third-order valence-corrected chi connectivity index (χ3v) is 7.44. The molecule has 8 heteroatoms. The molecule has 1 N–H and O–H groups in total. The minimum atomic E-state index is -0.573. The van der Waals surface area contributed by atoms with E-state index in [1.807, 2.05) is 12.1 Å². The summed E-state index contributed by atoms with van der Waals surface area (Å²) in [6, 6.07) is 5.92. The van der Waals surface area contributed by atoms with Crippen LogP contribution in [0.1, 0.15) is 56.1 Å². The van der Waals surface area contributed by atoms with E-state index in [4.69, 9.17) is 4.74 Å². The third kappa shape index (κ3) is 3.69. The van der Waals surface area contributed by atoms with Crippen LogP contribution in [0.15, 0.2) is 22.8 Å². The summed E-state index contributed by atoms with van der Waals surface area (Å²) < 4.78 is 7.83. The minimum absolute atomic E-state index is 0. The van der Waals surface area contributed by atoms with Crippen molar-refractivity contribution in [2.24, 2.45) is 21.8 Å². The smallest absolute Gasteiger partial charge is 0.186 e. The SMILES string of the molecule is C[C@]12CC[C@@H]3c4ccc(OC(=O)[CH-]SN=O)cc4CC[C@H]3[C@@H]1CC[C@@H]2O.[Re].[Rf]. The molecule has 149 valence electrons. The van der Waals surface area contributed by atoms with Gasteiger partial charge in [0.2, 0.25) is 0 Å². The topological polar surface area (TPSA) is 76.0 Å². The molecule has 3 aliphatic carbocycles. The molecule has 2 fully saturated rings. The first kappa shape index (κ1) is 22.4. The maximum Gasteiger partial charge on any atom is 0.186 e. The monoisotopic (exact) mass is 828 g/mol. The summed E-state index contributed by atoms with van der Waals surface area (Å²) in [7, 11) is 0. The molecule has 0 saturated heterocycles. The van der Waals surface area contributed by atoms with Gasteiger partial charge in [0, 0.05) is 20.4 Å². The molecule has 1 aromatic carbocycles. The zero-order valence-electron chi connectivity index (χ0n) is 16.0. The molecule has 1 radical (unpaired) electrons. The molecule has 0 spiro atoms. The second-order valence-corrected chi connectivity index (χ2v) is 8.73. The Balaban J connectivity index is 0.00000140. The van der Waals surface area contributed by atoms with Crippen molar-refractivity contribution in [3.8, 4) is 5.75 Å². The minimum Gasteiger partial charge on any atom is -0.451 e. The van der Waals surface area contributed by atoms with Crippen LogP contribution in [0.25, 0.3) is 0 Å². The fourth-order valence-corrected chi connectivity index (χ4v) is 5.98. The van der Waals surface area contributed by atoms with E-state index in [1.165, 1.54) is 11.1 Å². The Hall–Kier alpha value is -1.87. The first-order valence-corrected chi connectivity index (χ1v) is 10.2. The fourth-order valence-electron chi connectivity index (χ4n) is 5.80. The van der Waals surface area contributed by atoms with Gasteiger partial charge in [0.1, 0.15) is 5.75 Å². The number of hydrogen-bond acceptors (Lipinski definition) is 6. The summed E-state index contributed by atoms with van der Waals surface area (Å²) in [5, 5.41) is 10.5. The molecule has 5 atom stereocenters. The Morgan fingerprint density at radius 1 is 1.32 bits per heavy atom. The van der Waals surface area contributed by atoms with Crippen LogP contribution in [-0.4, -0.2) is 17.2 Å². The van der Waals surface area contributed by atoms with Crippen LogP contribution in [0.4, 0.5) is 0 Å². The number of aliphatic hydroxyl groups is 1. The van der Waals surface area contributed by atoms with E-state index in [2.05, 4.69) is 17.6 Å². The quantitative estimate of drug-likeness (QED) is 0.161. The van der Waals surface area contributed by atoms with Gasteiger partial charge in [0.05, 0.1) is 6.10 Å². The molecule has 0 aliphatic heterocycles. The Morgan fingerprint density at radius 3 is 2.86 bits per heavy atom. The summed E-state index contributed by atoms with van der Waals surface area (Å²) in [5.41, 5.74) is 2.74. The molecule has 5 nitrogen and oxygen atoms in total. The number of ether oxygens (including phenoxy) is 1. The third-order valence-electron chi connectivity index (χ3n) is 7.06. The second kappa shape index (κ2) is 8.65. The number of carbonyl (C=O) groups excluding carboxylic acids is 1. The number of nitroso groups, excluding NO2 is 1. The van der Waals surface area contributed by atoms with Gasteiger partial charge in [-0.2, -0.15) is 0 Å². The van der Waals surface area contributed by atoms with E-state index in [0.29, 0.717) is 35.5 Å². The number of hydrogen-bond donors (Lipinski definition) is 1. The zero-order valence-corrected chi connectivity index (χ0v) is 25.9. The number of nitrogens with zero attached hydrogens (tertiary/aromatic N) is 1. The number of fused-ring (bicyclic) bond motifs is 5. The van der Waals surface area contributed by atoms with Crippen molar-refractivity contribution >= 4 is 17.9 Å². The Labute approximate surface area is 177 Å². The number of rotatable bonds is 4. The van der Waals surface area contributed by atoms with Gasteiger partial charge in [0.25, 0.3) is 0 Å². The van der Waals surface area contributed by atoms with Gasteiger partial charge in [-0.05, 0) is 89.5 Å². The van der Waals surface area contributed by atoms with Crippen LogP contribution >= 0.6 is 11.9 Å². The van der Waals surface area contributed by atoms with Gasteiger partial charge in [-0.25, -0.2) is 5.75 Å². The average Bonchev–Trinajstić information content (AvgIpc) is 2.94. The van der Waals surface area contributed by atoms with Crippen molar-refractivity contribution in [2.75, 3.05) is 0 Å². The van der Waals surface area contributed by atoms with Crippen LogP contribution in [0.3, 0.4) is 0 Å². The molecule has 0 unspecified atom stereocenters. The van der Waals surface area contributed by atoms with E-state index in [0.717, 1.165) is 44.3 Å². The molecule has 4 rings (SSSR count). The Bertz CT molecular complexity index is 736. The van der Waals surface area contributed by atoms with Crippen LogP contribution in [0, 0.1) is 27.9 Å². The maximum absolute atomic E-state index is 11.6. The number of aliphatic hydroxyl groups excluding tert-OH is 1. The molecular weight excluding hydrogens is 803 g/mol. The summed E-state index contributed by atoms with van der Waals surface area (Å²) in [5.74, 6) is 2.83. The van der Waals surface area contributed by atoms with E-state index in [-0.39, 0.29) is 31.9 Å². The average molecular weight is 828 g/mol. The first-order valence-electron chi connectivity index (χ1n) is 9.37. The molecule has 0 bridgehead atoms. The molecule has 0 heterocycles. The molecule has 0 aromatic heterocycles. The predicted molar refractivity (Wildman–Crippen MR) is 100 cm³/mol. The maximum atomic E-state index is 11.6. The summed E-state index contributed by atoms with van der Waals surface area (Å²) in [4.78, 5) is 21.7. The van der Waals surface area contributed by atoms with Crippen molar-refractivity contribution < 1.29 is 35.1 Å². The number of carbonyl (C=O) groups is 1. The van der Waals surface area contributed by atoms with Crippen LogP contribution in [-0.2, 0) is 31.6 Å². The van der Waals surface area contributed by atoms with Gasteiger partial charge in [0.15, 0.2) is 5.97 Å². The van der Waals surface area contributed by atoms with Gasteiger partial charge >= 0.3 is 0 Å². The van der Waals surface area contributed by atoms with Crippen molar-refractivity contribution in [1.82, 2.24) is 0 Å². The normalized spacial score (nSPS) is 32.5. The molecule has 0 amide bonds. The van der Waals surface area contributed by atoms with Crippen molar-refractivity contribution in [3.05, 3.63) is 40.0 Å². The first-order chi connectivity index (χ1) is 12.5. The van der Waals surface area contributed by atoms with E-state index >= 15 is 0 Å². The van der Waals surface area contributed by atoms with Gasteiger partial charge < -0.3 is 9.84 Å². The van der Waals surface area contributed by atoms with Crippen molar-refractivity contribution in [3.63, 3.8) is 0 Å². The molecular formula is C20H24NO4ReRfS-. The van der Waals surface area contributed by atoms with Gasteiger partial charge in [-0.1, -0.05) is 13.0 Å². The summed E-state index contributed by atoms with van der Waals surface area (Å²) in [6.07, 6.45) is 6.26. The molecule has 1 aromatic rings. The Morgan fingerprint density at radius 2 is 2.11 bits per heavy atom. The van der Waals surface area contributed by atoms with Gasteiger partial charge in [-0.15, -0.1) is 16.9 Å². The molecule has 3 aliphatic rings. The largest absolute Gasteiger partial charge is 0.451 e. The Kier molecular flexibility index (Phi) is 6.93. The van der Waals surface area contributed by atoms with E-state index in [9.17, 15) is 14.8 Å².